The molecule has 0 unspecified atom stereocenters. The summed E-state index contributed by atoms with van der Waals surface area (Å²) in [5.41, 5.74) is 4.57. The van der Waals surface area contributed by atoms with E-state index in [9.17, 15) is 14.7 Å². The molecule has 0 aromatic heterocycles. The fraction of sp³-hybridized carbons (Fsp3) is 0.778. The molecule has 0 fully saturated rings. The first kappa shape index (κ1) is 13.1. The lowest BCUT2D eigenvalue weighted by molar-refractivity contribution is -0.142. The summed E-state index contributed by atoms with van der Waals surface area (Å²) in [6, 6.07) is -1.40. The predicted molar refractivity (Wildman–Crippen MR) is 50.7 cm³/mol. The average Bonchev–Trinajstić information content (AvgIpc) is 2.00. The highest BCUT2D eigenvalue weighted by Crippen LogP contribution is 2.18. The largest absolute Gasteiger partial charge is 0.480 e. The normalized spacial score (nSPS) is 16.1. The number of rotatable bonds is 4. The van der Waals surface area contributed by atoms with E-state index in [2.05, 4.69) is 0 Å². The van der Waals surface area contributed by atoms with Crippen molar-refractivity contribution in [1.82, 2.24) is 0 Å². The molecular weight excluding hydrogens is 186 g/mol. The number of aliphatic hydroxyl groups excluding tert-OH is 1. The van der Waals surface area contributed by atoms with Gasteiger partial charge >= 0.3 is 5.97 Å². The number of carbonyl (C=O) groups excluding carboxylic acids is 1. The zero-order valence-electron chi connectivity index (χ0n) is 8.65. The molecule has 0 spiro atoms. The van der Waals surface area contributed by atoms with Gasteiger partial charge in [0.05, 0.1) is 6.10 Å². The first-order valence-electron chi connectivity index (χ1n) is 4.36. The Bertz CT molecular complexity index is 231. The van der Waals surface area contributed by atoms with Crippen molar-refractivity contribution in [2.75, 3.05) is 0 Å². The van der Waals surface area contributed by atoms with Gasteiger partial charge in [-0.25, -0.2) is 0 Å². The number of hydrogen-bond acceptors (Lipinski definition) is 4. The number of aliphatic hydroxyl groups is 1. The summed E-state index contributed by atoms with van der Waals surface area (Å²) in [4.78, 5) is 21.8. The number of carboxylic acids is 1. The van der Waals surface area contributed by atoms with Crippen LogP contribution in [0.25, 0.3) is 0 Å². The molecule has 0 radical (unpaired) electrons. The van der Waals surface area contributed by atoms with Crippen LogP contribution in [-0.2, 0) is 9.59 Å². The summed E-state index contributed by atoms with van der Waals surface area (Å²) in [6.07, 6.45) is -1.55. The van der Waals surface area contributed by atoms with Gasteiger partial charge in [-0.1, -0.05) is 20.8 Å². The molecule has 2 atom stereocenters. The van der Waals surface area contributed by atoms with Gasteiger partial charge in [0.2, 0.25) is 0 Å². The number of carbonyl (C=O) groups is 2. The number of ketones is 1. The van der Waals surface area contributed by atoms with Crippen molar-refractivity contribution in [3.05, 3.63) is 0 Å². The van der Waals surface area contributed by atoms with Crippen molar-refractivity contribution in [2.45, 2.75) is 39.3 Å². The van der Waals surface area contributed by atoms with Gasteiger partial charge in [-0.15, -0.1) is 0 Å². The fourth-order valence-electron chi connectivity index (χ4n) is 0.788. The summed E-state index contributed by atoms with van der Waals surface area (Å²) in [7, 11) is 0. The van der Waals surface area contributed by atoms with Crippen molar-refractivity contribution in [3.8, 4) is 0 Å². The van der Waals surface area contributed by atoms with E-state index >= 15 is 0 Å². The van der Waals surface area contributed by atoms with Crippen LogP contribution in [0.5, 0.6) is 0 Å². The van der Waals surface area contributed by atoms with E-state index in [4.69, 9.17) is 10.8 Å². The molecule has 0 aliphatic rings. The summed E-state index contributed by atoms with van der Waals surface area (Å²) in [5.74, 6) is -1.51. The highest BCUT2D eigenvalue weighted by atomic mass is 16.4. The molecule has 0 bridgehead atoms. The van der Waals surface area contributed by atoms with Gasteiger partial charge in [-0.05, 0) is 0 Å². The molecular formula is C9H17NO4. The minimum absolute atomic E-state index is 0.207. The monoisotopic (exact) mass is 203 g/mol. The minimum Gasteiger partial charge on any atom is -0.480 e. The van der Waals surface area contributed by atoms with Crippen LogP contribution in [0.15, 0.2) is 0 Å². The second kappa shape index (κ2) is 4.52. The minimum atomic E-state index is -1.40. The molecule has 5 heteroatoms. The lowest BCUT2D eigenvalue weighted by Gasteiger charge is -2.20. The Hall–Kier alpha value is -0.940. The molecule has 0 saturated heterocycles. The van der Waals surface area contributed by atoms with Crippen LogP contribution in [0.4, 0.5) is 0 Å². The maximum atomic E-state index is 11.4. The number of aliphatic carboxylic acids is 1. The van der Waals surface area contributed by atoms with Crippen LogP contribution in [0.2, 0.25) is 0 Å². The lowest BCUT2D eigenvalue weighted by Crippen LogP contribution is -2.43. The Labute approximate surface area is 82.9 Å². The molecule has 0 aromatic carbocycles. The van der Waals surface area contributed by atoms with Gasteiger partial charge in [-0.2, -0.15) is 0 Å². The molecule has 0 saturated carbocycles. The Morgan fingerprint density at radius 3 is 2.07 bits per heavy atom. The van der Waals surface area contributed by atoms with E-state index in [1.165, 1.54) is 0 Å². The molecule has 0 aliphatic carbocycles. The second-order valence-corrected chi connectivity index (χ2v) is 4.31. The fourth-order valence-corrected chi connectivity index (χ4v) is 0.788. The molecule has 5 nitrogen and oxygen atoms in total. The molecule has 0 rings (SSSR count). The van der Waals surface area contributed by atoms with Crippen LogP contribution in [-0.4, -0.2) is 34.1 Å². The van der Waals surface area contributed by atoms with Gasteiger partial charge in [0.25, 0.3) is 0 Å². The topological polar surface area (TPSA) is 101 Å². The van der Waals surface area contributed by atoms with Gasteiger partial charge in [0.15, 0.2) is 0 Å². The number of nitrogens with two attached hydrogens (primary N) is 1. The Morgan fingerprint density at radius 1 is 1.36 bits per heavy atom. The van der Waals surface area contributed by atoms with E-state index in [1.54, 1.807) is 20.8 Å². The number of carboxylic acid groups (broad SMARTS) is 1. The average molecular weight is 203 g/mol. The maximum Gasteiger partial charge on any atom is 0.323 e. The summed E-state index contributed by atoms with van der Waals surface area (Å²) < 4.78 is 0. The zero-order valence-corrected chi connectivity index (χ0v) is 8.65. The number of hydrogen-bond donors (Lipinski definition) is 3. The standard InChI is InChI=1S/C9H17NO4/c1-9(2,3)6(12)4-5(11)7(10)8(13)14/h5,7,11H,4,10H2,1-3H3,(H,13,14)/t5-,7+/m1/s1. The summed E-state index contributed by atoms with van der Waals surface area (Å²) in [6.45, 7) is 5.11. The van der Waals surface area contributed by atoms with E-state index < -0.39 is 23.5 Å². The first-order chi connectivity index (χ1) is 6.16. The van der Waals surface area contributed by atoms with E-state index in [0.29, 0.717) is 0 Å². The van der Waals surface area contributed by atoms with Crippen LogP contribution >= 0.6 is 0 Å². The van der Waals surface area contributed by atoms with Gasteiger partial charge in [0.1, 0.15) is 11.8 Å². The molecule has 14 heavy (non-hydrogen) atoms. The van der Waals surface area contributed by atoms with Crippen molar-refractivity contribution in [3.63, 3.8) is 0 Å². The number of Topliss-reactive ketones (excluding diaryl/α,β-unsaturated/α-hetero) is 1. The Balaban J connectivity index is 4.27. The van der Waals surface area contributed by atoms with E-state index in [0.717, 1.165) is 0 Å². The second-order valence-electron chi connectivity index (χ2n) is 4.31. The first-order valence-corrected chi connectivity index (χ1v) is 4.36. The molecule has 0 amide bonds. The van der Waals surface area contributed by atoms with E-state index in [1.807, 2.05) is 0 Å². The third kappa shape index (κ3) is 3.85. The SMILES string of the molecule is CC(C)(C)C(=O)C[C@@H](O)[C@H](N)C(=O)O. The molecule has 4 N–H and O–H groups in total. The van der Waals surface area contributed by atoms with Crippen molar-refractivity contribution >= 4 is 11.8 Å². The highest BCUT2D eigenvalue weighted by Gasteiger charge is 2.29. The van der Waals surface area contributed by atoms with Gasteiger partial charge in [-0.3, -0.25) is 9.59 Å². The third-order valence-corrected chi connectivity index (χ3v) is 1.93. The van der Waals surface area contributed by atoms with Gasteiger partial charge in [0, 0.05) is 11.8 Å². The van der Waals surface area contributed by atoms with Crippen molar-refractivity contribution in [2.24, 2.45) is 11.1 Å². The quantitative estimate of drug-likeness (QED) is 0.585. The Morgan fingerprint density at radius 2 is 1.79 bits per heavy atom. The summed E-state index contributed by atoms with van der Waals surface area (Å²) >= 11 is 0. The van der Waals surface area contributed by atoms with Crippen LogP contribution in [0.1, 0.15) is 27.2 Å². The maximum absolute atomic E-state index is 11.4. The van der Waals surface area contributed by atoms with Crippen LogP contribution in [0, 0.1) is 5.41 Å². The van der Waals surface area contributed by atoms with E-state index in [-0.39, 0.29) is 12.2 Å². The van der Waals surface area contributed by atoms with Crippen molar-refractivity contribution in [1.29, 1.82) is 0 Å². The lowest BCUT2D eigenvalue weighted by atomic mass is 9.86. The summed E-state index contributed by atoms with van der Waals surface area (Å²) in [5, 5.41) is 17.8. The zero-order chi connectivity index (χ0) is 11.5. The van der Waals surface area contributed by atoms with Crippen LogP contribution in [0.3, 0.4) is 0 Å². The third-order valence-electron chi connectivity index (χ3n) is 1.93. The molecule has 82 valence electrons. The molecule has 0 aliphatic heterocycles. The Kier molecular flexibility index (Phi) is 4.22. The molecule has 0 heterocycles. The highest BCUT2D eigenvalue weighted by molar-refractivity contribution is 5.85. The van der Waals surface area contributed by atoms with Gasteiger partial charge < -0.3 is 15.9 Å². The van der Waals surface area contributed by atoms with Crippen molar-refractivity contribution < 1.29 is 19.8 Å². The smallest absolute Gasteiger partial charge is 0.323 e. The predicted octanol–water partition coefficient (Wildman–Crippen LogP) is -0.235. The molecule has 0 aromatic rings. The van der Waals surface area contributed by atoms with Crippen LogP contribution < -0.4 is 5.73 Å².